The number of carbonyl (C=O) groups is 1. The van der Waals surface area contributed by atoms with Crippen molar-refractivity contribution >= 4 is 33.9 Å². The van der Waals surface area contributed by atoms with Crippen LogP contribution in [0.4, 0.5) is 26.7 Å². The van der Waals surface area contributed by atoms with Gasteiger partial charge in [0.05, 0.1) is 18.3 Å². The zero-order valence-corrected chi connectivity index (χ0v) is 16.3. The molecule has 14 heteroatoms. The molecule has 0 aliphatic carbocycles. The van der Waals surface area contributed by atoms with Gasteiger partial charge in [-0.05, 0) is 18.6 Å². The molecule has 28 heavy (non-hydrogen) atoms. The molecular weight excluding hydrogens is 431 g/mol. The third-order valence-corrected chi connectivity index (χ3v) is 5.36. The quantitative estimate of drug-likeness (QED) is 0.547. The van der Waals surface area contributed by atoms with E-state index in [4.69, 9.17) is 11.6 Å². The van der Waals surface area contributed by atoms with E-state index in [-0.39, 0.29) is 17.2 Å². The van der Waals surface area contributed by atoms with Crippen LogP contribution < -0.4 is 5.32 Å². The van der Waals surface area contributed by atoms with Crippen molar-refractivity contribution in [2.75, 3.05) is 20.6 Å². The first kappa shape index (κ1) is 21.0. The normalized spacial score (nSPS) is 18.7. The Kier molecular flexibility index (Phi) is 5.44. The highest BCUT2D eigenvalue weighted by Crippen LogP contribution is 2.35. The molecule has 0 radical (unpaired) electrons. The van der Waals surface area contributed by atoms with Crippen LogP contribution in [0.3, 0.4) is 0 Å². The predicted octanol–water partition coefficient (Wildman–Crippen LogP) is 2.99. The number of urea groups is 1. The maximum Gasteiger partial charge on any atom is 0.435 e. The fourth-order valence-corrected chi connectivity index (χ4v) is 4.14. The van der Waals surface area contributed by atoms with Gasteiger partial charge in [0, 0.05) is 26.6 Å². The van der Waals surface area contributed by atoms with Crippen LogP contribution in [0.5, 0.6) is 0 Å². The van der Waals surface area contributed by atoms with Gasteiger partial charge in [-0.1, -0.05) is 11.3 Å². The van der Waals surface area contributed by atoms with Gasteiger partial charge in [0.25, 0.3) is 0 Å². The Morgan fingerprint density at radius 2 is 2.00 bits per heavy atom. The van der Waals surface area contributed by atoms with Crippen LogP contribution in [0.2, 0.25) is 0 Å². The predicted molar refractivity (Wildman–Crippen MR) is 91.4 cm³/mol. The van der Waals surface area contributed by atoms with E-state index in [1.807, 2.05) is 0 Å². The van der Waals surface area contributed by atoms with Gasteiger partial charge in [-0.3, -0.25) is 0 Å². The molecule has 0 bridgehead atoms. The summed E-state index contributed by atoms with van der Waals surface area (Å²) in [6.45, 7) is -0.310. The SMILES string of the molecule is CNCc1nn2c(CN3CC(CC(F)(F)Cl)N(C)C3=O)c(C(F)(F)F)nc2s1. The highest BCUT2D eigenvalue weighted by Gasteiger charge is 2.44. The van der Waals surface area contributed by atoms with Crippen LogP contribution in [-0.4, -0.2) is 62.5 Å². The van der Waals surface area contributed by atoms with Crippen molar-refractivity contribution in [3.05, 3.63) is 16.4 Å². The number of imidazole rings is 1. The molecule has 1 unspecified atom stereocenters. The molecule has 0 aromatic carbocycles. The molecule has 1 atom stereocenters. The number of nitrogens with zero attached hydrogens (tertiary/aromatic N) is 5. The lowest BCUT2D eigenvalue weighted by Gasteiger charge is -2.19. The molecule has 1 saturated heterocycles. The molecule has 2 aromatic rings. The number of amides is 2. The summed E-state index contributed by atoms with van der Waals surface area (Å²) < 4.78 is 67.5. The summed E-state index contributed by atoms with van der Waals surface area (Å²) in [5.41, 5.74) is -1.47. The van der Waals surface area contributed by atoms with Gasteiger partial charge in [-0.2, -0.15) is 27.1 Å². The van der Waals surface area contributed by atoms with Crippen molar-refractivity contribution in [3.63, 3.8) is 0 Å². The highest BCUT2D eigenvalue weighted by atomic mass is 35.5. The van der Waals surface area contributed by atoms with Crippen molar-refractivity contribution < 1.29 is 26.7 Å². The zero-order chi connectivity index (χ0) is 20.9. The van der Waals surface area contributed by atoms with E-state index in [0.29, 0.717) is 11.6 Å². The fourth-order valence-electron chi connectivity index (χ4n) is 3.04. The molecule has 1 aliphatic heterocycles. The average molecular weight is 447 g/mol. The smallest absolute Gasteiger partial charge is 0.323 e. The minimum Gasteiger partial charge on any atom is -0.323 e. The third-order valence-electron chi connectivity index (χ3n) is 4.29. The number of halogens is 6. The summed E-state index contributed by atoms with van der Waals surface area (Å²) in [4.78, 5) is 18.1. The number of aromatic nitrogens is 3. The van der Waals surface area contributed by atoms with Crippen molar-refractivity contribution in [2.45, 2.75) is 37.1 Å². The minimum atomic E-state index is -4.75. The number of rotatable bonds is 6. The standard InChI is InChI=1S/C14H16ClF5N6OS/c1-21-4-9-23-26-8(10(14(18,19)20)22-11(26)28-9)6-25-5-7(3-13(15,16)17)24(2)12(25)27/h7,21H,3-6H2,1-2H3. The van der Waals surface area contributed by atoms with Crippen molar-refractivity contribution in [1.29, 1.82) is 0 Å². The van der Waals surface area contributed by atoms with Crippen molar-refractivity contribution in [3.8, 4) is 0 Å². The molecule has 0 spiro atoms. The molecule has 1 aliphatic rings. The van der Waals surface area contributed by atoms with E-state index in [0.717, 1.165) is 25.7 Å². The largest absolute Gasteiger partial charge is 0.435 e. The number of likely N-dealkylation sites (N-methyl/N-ethyl adjacent to an activating group) is 1. The Morgan fingerprint density at radius 1 is 1.32 bits per heavy atom. The number of hydrogen-bond acceptors (Lipinski definition) is 5. The Bertz CT molecular complexity index is 878. The second-order valence-electron chi connectivity index (χ2n) is 6.37. The first-order valence-corrected chi connectivity index (χ1v) is 9.27. The van der Waals surface area contributed by atoms with E-state index in [1.54, 1.807) is 7.05 Å². The van der Waals surface area contributed by atoms with Gasteiger partial charge < -0.3 is 15.1 Å². The van der Waals surface area contributed by atoms with Gasteiger partial charge in [0.2, 0.25) is 4.96 Å². The van der Waals surface area contributed by atoms with E-state index in [9.17, 15) is 26.7 Å². The highest BCUT2D eigenvalue weighted by molar-refractivity contribution is 7.16. The van der Waals surface area contributed by atoms with Crippen LogP contribution >= 0.6 is 22.9 Å². The summed E-state index contributed by atoms with van der Waals surface area (Å²) in [6, 6.07) is -1.59. The first-order valence-electron chi connectivity index (χ1n) is 8.08. The van der Waals surface area contributed by atoms with Gasteiger partial charge >= 0.3 is 17.6 Å². The molecule has 3 heterocycles. The number of hydrogen-bond donors (Lipinski definition) is 1. The lowest BCUT2D eigenvalue weighted by atomic mass is 10.2. The van der Waals surface area contributed by atoms with Gasteiger partial charge in [0.1, 0.15) is 5.01 Å². The monoisotopic (exact) mass is 446 g/mol. The minimum absolute atomic E-state index is 0.0383. The van der Waals surface area contributed by atoms with E-state index in [2.05, 4.69) is 15.4 Å². The van der Waals surface area contributed by atoms with Crippen LogP contribution in [0, 0.1) is 0 Å². The maximum absolute atomic E-state index is 13.4. The van der Waals surface area contributed by atoms with Gasteiger partial charge in [-0.25, -0.2) is 14.3 Å². The Hall–Kier alpha value is -1.73. The molecule has 7 nitrogen and oxygen atoms in total. The Labute approximate surface area is 165 Å². The molecule has 156 valence electrons. The maximum atomic E-state index is 13.4. The van der Waals surface area contributed by atoms with Crippen molar-refractivity contribution in [1.82, 2.24) is 29.7 Å². The molecule has 2 aromatic heterocycles. The topological polar surface area (TPSA) is 65.8 Å². The van der Waals surface area contributed by atoms with Crippen LogP contribution in [0.15, 0.2) is 0 Å². The average Bonchev–Trinajstić information content (AvgIpc) is 3.16. The molecule has 1 N–H and O–H groups in total. The van der Waals surface area contributed by atoms with Crippen LogP contribution in [-0.2, 0) is 19.3 Å². The zero-order valence-electron chi connectivity index (χ0n) is 14.7. The second-order valence-corrected chi connectivity index (χ2v) is 7.97. The Balaban J connectivity index is 1.93. The molecule has 1 fully saturated rings. The second kappa shape index (κ2) is 7.26. The first-order chi connectivity index (χ1) is 12.9. The van der Waals surface area contributed by atoms with E-state index < -0.39 is 42.3 Å². The van der Waals surface area contributed by atoms with E-state index >= 15 is 0 Å². The molecule has 3 rings (SSSR count). The van der Waals surface area contributed by atoms with Crippen LogP contribution in [0.25, 0.3) is 4.96 Å². The molecule has 2 amide bonds. The summed E-state index contributed by atoms with van der Waals surface area (Å²) in [6.07, 6.45) is -5.55. The van der Waals surface area contributed by atoms with Crippen LogP contribution in [0.1, 0.15) is 22.8 Å². The third kappa shape index (κ3) is 4.15. The lowest BCUT2D eigenvalue weighted by molar-refractivity contribution is -0.141. The summed E-state index contributed by atoms with van der Waals surface area (Å²) in [5.74, 6) is 0. The summed E-state index contributed by atoms with van der Waals surface area (Å²) in [7, 11) is 2.97. The number of carbonyl (C=O) groups excluding carboxylic acids is 1. The van der Waals surface area contributed by atoms with Gasteiger partial charge in [-0.15, -0.1) is 0 Å². The summed E-state index contributed by atoms with van der Waals surface area (Å²) >= 11 is 5.93. The fraction of sp³-hybridized carbons (Fsp3) is 0.643. The number of fused-ring (bicyclic) bond motifs is 1. The summed E-state index contributed by atoms with van der Waals surface area (Å²) in [5, 5.41) is 3.96. The van der Waals surface area contributed by atoms with Gasteiger partial charge in [0.15, 0.2) is 5.69 Å². The number of alkyl halides is 6. The number of nitrogens with one attached hydrogen (secondary N) is 1. The molecule has 0 saturated carbocycles. The molecular formula is C14H16ClF5N6OS. The Morgan fingerprint density at radius 3 is 2.57 bits per heavy atom. The van der Waals surface area contributed by atoms with Crippen molar-refractivity contribution in [2.24, 2.45) is 0 Å². The lowest BCUT2D eigenvalue weighted by Crippen LogP contribution is -2.33. The van der Waals surface area contributed by atoms with E-state index in [1.165, 1.54) is 7.05 Å².